The van der Waals surface area contributed by atoms with Crippen LogP contribution in [0.4, 0.5) is 0 Å². The number of rotatable bonds is 3. The fraction of sp³-hybridized carbons (Fsp3) is 0.240. The molecule has 31 heavy (non-hydrogen) atoms. The lowest BCUT2D eigenvalue weighted by molar-refractivity contribution is 0.0733. The fourth-order valence-electron chi connectivity index (χ4n) is 3.70. The van der Waals surface area contributed by atoms with Gasteiger partial charge in [0.2, 0.25) is 0 Å². The molecular weight excluding hydrogens is 410 g/mol. The molecule has 0 bridgehead atoms. The second kappa shape index (κ2) is 8.19. The Kier molecular flexibility index (Phi) is 5.58. The van der Waals surface area contributed by atoms with E-state index in [2.05, 4.69) is 38.1 Å². The summed E-state index contributed by atoms with van der Waals surface area (Å²) in [7, 11) is -3.30. The Bertz CT molecular complexity index is 1250. The molecular formula is C25H25NO4S. The number of hydrogen-bond acceptors (Lipinski definition) is 4. The van der Waals surface area contributed by atoms with E-state index in [9.17, 15) is 13.2 Å². The average Bonchev–Trinajstić information content (AvgIpc) is 2.96. The standard InChI is InChI=1S/C25H25NO4S/c1-17-4-5-20(14-18(17)2)21-8-11-24-22(15-21)16-26(12-13-30-24)25(27)19-6-9-23(10-7-19)31(3,28)29/h4-11,14-15H,12-13,16H2,1-3H3. The Morgan fingerprint density at radius 3 is 2.26 bits per heavy atom. The molecule has 3 aromatic rings. The third-order valence-electron chi connectivity index (χ3n) is 5.70. The molecule has 0 spiro atoms. The molecule has 0 unspecified atom stereocenters. The Hall–Kier alpha value is -3.12. The minimum absolute atomic E-state index is 0.145. The van der Waals surface area contributed by atoms with Crippen LogP contribution in [-0.2, 0) is 16.4 Å². The van der Waals surface area contributed by atoms with Crippen LogP contribution in [0.25, 0.3) is 11.1 Å². The molecule has 0 aliphatic carbocycles. The molecule has 0 saturated heterocycles. The molecule has 160 valence electrons. The van der Waals surface area contributed by atoms with Crippen molar-refractivity contribution < 1.29 is 17.9 Å². The number of nitrogens with zero attached hydrogens (tertiary/aromatic N) is 1. The summed E-state index contributed by atoms with van der Waals surface area (Å²) >= 11 is 0. The predicted molar refractivity (Wildman–Crippen MR) is 121 cm³/mol. The molecule has 0 aromatic heterocycles. The van der Waals surface area contributed by atoms with E-state index in [1.807, 2.05) is 12.1 Å². The molecule has 4 rings (SSSR count). The molecule has 0 atom stereocenters. The first kappa shape index (κ1) is 21.1. The number of aryl methyl sites for hydroxylation is 2. The summed E-state index contributed by atoms with van der Waals surface area (Å²) in [6, 6.07) is 18.6. The zero-order chi connectivity index (χ0) is 22.2. The highest BCUT2D eigenvalue weighted by molar-refractivity contribution is 7.90. The normalized spacial score (nSPS) is 13.8. The summed E-state index contributed by atoms with van der Waals surface area (Å²) in [4.78, 5) is 15.0. The van der Waals surface area contributed by atoms with Gasteiger partial charge in [-0.2, -0.15) is 0 Å². The third-order valence-corrected chi connectivity index (χ3v) is 6.83. The lowest BCUT2D eigenvalue weighted by Gasteiger charge is -2.20. The van der Waals surface area contributed by atoms with Crippen LogP contribution in [0.15, 0.2) is 65.6 Å². The Labute approximate surface area is 183 Å². The van der Waals surface area contributed by atoms with Gasteiger partial charge in [-0.1, -0.05) is 24.3 Å². The van der Waals surface area contributed by atoms with E-state index in [4.69, 9.17) is 4.74 Å². The maximum absolute atomic E-state index is 13.1. The second-order valence-corrected chi connectivity index (χ2v) is 10.0. The van der Waals surface area contributed by atoms with Gasteiger partial charge < -0.3 is 9.64 Å². The van der Waals surface area contributed by atoms with Crippen LogP contribution in [0.2, 0.25) is 0 Å². The van der Waals surface area contributed by atoms with E-state index in [0.29, 0.717) is 25.3 Å². The quantitative estimate of drug-likeness (QED) is 0.611. The summed E-state index contributed by atoms with van der Waals surface area (Å²) in [6.07, 6.45) is 1.15. The minimum atomic E-state index is -3.30. The largest absolute Gasteiger partial charge is 0.491 e. The highest BCUT2D eigenvalue weighted by atomic mass is 32.2. The number of fused-ring (bicyclic) bond motifs is 1. The fourth-order valence-corrected chi connectivity index (χ4v) is 4.33. The van der Waals surface area contributed by atoms with E-state index in [1.165, 1.54) is 23.3 Å². The van der Waals surface area contributed by atoms with Gasteiger partial charge in [-0.3, -0.25) is 4.79 Å². The van der Waals surface area contributed by atoms with Crippen molar-refractivity contribution in [2.45, 2.75) is 25.3 Å². The second-order valence-electron chi connectivity index (χ2n) is 7.99. The van der Waals surface area contributed by atoms with Gasteiger partial charge in [0, 0.05) is 23.9 Å². The highest BCUT2D eigenvalue weighted by Crippen LogP contribution is 2.30. The third kappa shape index (κ3) is 4.49. The Morgan fingerprint density at radius 2 is 1.58 bits per heavy atom. The van der Waals surface area contributed by atoms with E-state index in [1.54, 1.807) is 17.0 Å². The molecule has 1 heterocycles. The number of hydrogen-bond donors (Lipinski definition) is 0. The van der Waals surface area contributed by atoms with Crippen LogP contribution in [0.1, 0.15) is 27.0 Å². The van der Waals surface area contributed by atoms with Crippen molar-refractivity contribution in [3.63, 3.8) is 0 Å². The van der Waals surface area contributed by atoms with Gasteiger partial charge in [-0.15, -0.1) is 0 Å². The van der Waals surface area contributed by atoms with Gasteiger partial charge in [0.1, 0.15) is 12.4 Å². The molecule has 0 saturated carbocycles. The van der Waals surface area contributed by atoms with Crippen molar-refractivity contribution >= 4 is 15.7 Å². The van der Waals surface area contributed by atoms with E-state index in [0.717, 1.165) is 28.7 Å². The van der Waals surface area contributed by atoms with Crippen LogP contribution in [-0.4, -0.2) is 38.6 Å². The van der Waals surface area contributed by atoms with Gasteiger partial charge in [0.05, 0.1) is 11.4 Å². The van der Waals surface area contributed by atoms with E-state index >= 15 is 0 Å². The molecule has 3 aromatic carbocycles. The molecule has 6 heteroatoms. The van der Waals surface area contributed by atoms with Crippen molar-refractivity contribution in [2.75, 3.05) is 19.4 Å². The summed E-state index contributed by atoms with van der Waals surface area (Å²) in [5.74, 6) is 0.642. The SMILES string of the molecule is Cc1ccc(-c2ccc3c(c2)CN(C(=O)c2ccc(S(C)(=O)=O)cc2)CCO3)cc1C. The maximum atomic E-state index is 13.1. The zero-order valence-corrected chi connectivity index (χ0v) is 18.7. The Balaban J connectivity index is 1.61. The van der Waals surface area contributed by atoms with E-state index < -0.39 is 9.84 Å². The van der Waals surface area contributed by atoms with E-state index in [-0.39, 0.29) is 10.8 Å². The lowest BCUT2D eigenvalue weighted by Crippen LogP contribution is -2.32. The van der Waals surface area contributed by atoms with Crippen LogP contribution < -0.4 is 4.74 Å². The van der Waals surface area contributed by atoms with Crippen LogP contribution in [0, 0.1) is 13.8 Å². The smallest absolute Gasteiger partial charge is 0.254 e. The summed E-state index contributed by atoms with van der Waals surface area (Å²) in [5, 5.41) is 0. The number of benzene rings is 3. The topological polar surface area (TPSA) is 63.7 Å². The summed E-state index contributed by atoms with van der Waals surface area (Å²) in [5.41, 5.74) is 6.11. The summed E-state index contributed by atoms with van der Waals surface area (Å²) in [6.45, 7) is 5.49. The van der Waals surface area contributed by atoms with Gasteiger partial charge >= 0.3 is 0 Å². The first-order valence-electron chi connectivity index (χ1n) is 10.1. The molecule has 1 aliphatic rings. The highest BCUT2D eigenvalue weighted by Gasteiger charge is 2.22. The lowest BCUT2D eigenvalue weighted by atomic mass is 9.98. The molecule has 0 fully saturated rings. The Morgan fingerprint density at radius 1 is 0.903 bits per heavy atom. The molecule has 0 radical (unpaired) electrons. The van der Waals surface area contributed by atoms with Gasteiger partial charge in [0.15, 0.2) is 9.84 Å². The van der Waals surface area contributed by atoms with Gasteiger partial charge in [0.25, 0.3) is 5.91 Å². The predicted octanol–water partition coefficient (Wildman–Crippen LogP) is 4.41. The zero-order valence-electron chi connectivity index (χ0n) is 17.9. The summed E-state index contributed by atoms with van der Waals surface area (Å²) < 4.78 is 29.2. The first-order valence-corrected chi connectivity index (χ1v) is 12.0. The average molecular weight is 436 g/mol. The van der Waals surface area contributed by atoms with Gasteiger partial charge in [-0.25, -0.2) is 8.42 Å². The van der Waals surface area contributed by atoms with Crippen LogP contribution >= 0.6 is 0 Å². The first-order chi connectivity index (χ1) is 14.7. The molecule has 0 N–H and O–H groups in total. The van der Waals surface area contributed by atoms with Crippen molar-refractivity contribution in [2.24, 2.45) is 0 Å². The van der Waals surface area contributed by atoms with Crippen LogP contribution in [0.3, 0.4) is 0 Å². The number of carbonyl (C=O) groups excluding carboxylic acids is 1. The number of amides is 1. The molecule has 1 amide bonds. The van der Waals surface area contributed by atoms with Crippen molar-refractivity contribution in [3.8, 4) is 16.9 Å². The minimum Gasteiger partial charge on any atom is -0.491 e. The monoisotopic (exact) mass is 435 g/mol. The van der Waals surface area contributed by atoms with Crippen molar-refractivity contribution in [3.05, 3.63) is 82.9 Å². The van der Waals surface area contributed by atoms with Gasteiger partial charge in [-0.05, 0) is 72.5 Å². The number of carbonyl (C=O) groups is 1. The van der Waals surface area contributed by atoms with Crippen molar-refractivity contribution in [1.29, 1.82) is 0 Å². The maximum Gasteiger partial charge on any atom is 0.254 e. The van der Waals surface area contributed by atoms with Crippen LogP contribution in [0.5, 0.6) is 5.75 Å². The number of sulfone groups is 1. The molecule has 5 nitrogen and oxygen atoms in total. The van der Waals surface area contributed by atoms with Crippen molar-refractivity contribution in [1.82, 2.24) is 4.90 Å². The number of ether oxygens (including phenoxy) is 1. The molecule has 1 aliphatic heterocycles.